The topological polar surface area (TPSA) is 789 Å². The lowest BCUT2D eigenvalue weighted by molar-refractivity contribution is -0.145. The molecule has 818 valence electrons. The molecule has 52 nitrogen and oxygen atoms in total. The molecule has 0 aromatic rings. The number of hydrogen-bond acceptors (Lipinski definition) is 32. The molecule has 5 heterocycles. The molecule has 146 heavy (non-hydrogen) atoms. The van der Waals surface area contributed by atoms with Crippen LogP contribution in [0.4, 0.5) is 0 Å². The van der Waals surface area contributed by atoms with Crippen molar-refractivity contribution in [1.82, 2.24) is 98.9 Å². The summed E-state index contributed by atoms with van der Waals surface area (Å²) in [5.41, 5.74) is 17.1. The quantitative estimate of drug-likeness (QED) is 0.0199. The molecular formula is C92H148N22O30S2. The van der Waals surface area contributed by atoms with Crippen LogP contribution < -0.4 is 91.6 Å². The first-order chi connectivity index (χ1) is 69.4. The molecule has 8 rings (SSSR count). The third-order valence-electron chi connectivity index (χ3n) is 27.8. The average Bonchev–Trinajstić information content (AvgIpc) is 1.67. The first-order valence-electron chi connectivity index (χ1n) is 50.3. The molecule has 3 saturated carbocycles. The predicted octanol–water partition coefficient (Wildman–Crippen LogP) is -7.00. The van der Waals surface area contributed by atoms with Crippen molar-refractivity contribution in [2.24, 2.45) is 46.8 Å². The highest BCUT2D eigenvalue weighted by atomic mass is 33.1. The molecule has 18 atom stereocenters. The standard InChI is InChI=1S/C92H148N22O30S2/c1-50(2)33-61-83(134)100-59(21-22-71(93)116)82(133)103-63(36-53-41-97-58-14-8-6-12-56(53)58)85(136)105-65(38-72(94)117)87(138)109-69(92(143)114-24-10-15-70(114)91(142)107-62(84(135)101-60(81(95)132)39-75(120)121)34-51-17-19-55(20-18-51)144-47-80(130)131)49-146-145-48-68(90(141)104-64(86(137)102-61)37-54-35-52-11-5-7-13-57(52)98-54)108-88(139)66(40-76(122)123)106-89(140)67(46-115)99-73(118)16-4-3-9-23-96-74(119)42-110-25-27-111(43-77(124)125)29-31-113(45-79(128)129)32-30-112(28-26-110)44-78(126)127/h50-70,97-98,115H,3-49H2,1-2H3,(H2,93,116)(H2,94,117)(H2,95,132)(H,96,119)(H,99,118)(H,100,134)(H,101,135)(H,102,137)(H,103,133)(H,104,141)(H,105,136)(H,106,140)(H,107,142)(H,108,139)(H,109,138)(H,120,121)(H,122,123)(H,124,125)(H,126,127)(H,128,129)(H,130,131)/t51?,52?,53?,54?,55?,56?,57?,58?,59-,60-,61-,62-,63-,64-,65-,66-,67-,68-,69-,70-/m0/s1. The van der Waals surface area contributed by atoms with Crippen molar-refractivity contribution in [3.05, 3.63) is 0 Å². The second-order valence-corrected chi connectivity index (χ2v) is 42.1. The lowest BCUT2D eigenvalue weighted by atomic mass is 9.77. The number of fused-ring (bicyclic) bond motifs is 2. The lowest BCUT2D eigenvalue weighted by Gasteiger charge is -2.33. The highest BCUT2D eigenvalue weighted by Crippen LogP contribution is 2.39. The molecule has 0 bridgehead atoms. The molecule has 0 spiro atoms. The maximum atomic E-state index is 15.8. The van der Waals surface area contributed by atoms with Gasteiger partial charge in [0.1, 0.15) is 79.1 Å². The van der Waals surface area contributed by atoms with E-state index in [4.69, 9.17) is 21.9 Å². The maximum absolute atomic E-state index is 15.8. The number of rotatable bonds is 46. The van der Waals surface area contributed by atoms with E-state index in [2.05, 4.69) is 74.4 Å². The number of unbranched alkanes of at least 4 members (excludes halogenated alkanes) is 2. The van der Waals surface area contributed by atoms with Crippen molar-refractivity contribution < 1.29 is 146 Å². The van der Waals surface area contributed by atoms with Crippen molar-refractivity contribution in [3.8, 4) is 0 Å². The van der Waals surface area contributed by atoms with Crippen LogP contribution >= 0.6 is 21.6 Å². The molecule has 8 fully saturated rings. The van der Waals surface area contributed by atoms with Gasteiger partial charge in [0.15, 0.2) is 0 Å². The third kappa shape index (κ3) is 41.4. The molecule has 8 aliphatic rings. The molecule has 0 aromatic heterocycles. The van der Waals surface area contributed by atoms with Gasteiger partial charge in [0, 0.05) is 108 Å². The van der Waals surface area contributed by atoms with Gasteiger partial charge in [-0.3, -0.25) is 120 Å². The van der Waals surface area contributed by atoms with Crippen LogP contribution in [0.1, 0.15) is 194 Å². The number of aliphatic hydroxyl groups excluding tert-OH is 1. The normalized spacial score (nSPS) is 27.0. The molecule has 5 aliphatic heterocycles. The number of nitrogens with two attached hydrogens (primary N) is 3. The molecule has 54 heteroatoms. The minimum absolute atomic E-state index is 0.00261. The fourth-order valence-corrected chi connectivity index (χ4v) is 22.5. The number of amides is 16. The van der Waals surface area contributed by atoms with Crippen molar-refractivity contribution in [2.75, 3.05) is 123 Å². The average molecular weight is 2110 g/mol. The van der Waals surface area contributed by atoms with Crippen molar-refractivity contribution in [1.29, 1.82) is 0 Å². The highest BCUT2D eigenvalue weighted by molar-refractivity contribution is 8.76. The van der Waals surface area contributed by atoms with Crippen LogP contribution in [0, 0.1) is 29.6 Å². The van der Waals surface area contributed by atoms with Gasteiger partial charge < -0.3 is 137 Å². The molecule has 27 N–H and O–H groups in total. The number of nitrogens with zero attached hydrogens (tertiary/aromatic N) is 5. The Morgan fingerprint density at radius 2 is 1.01 bits per heavy atom. The fourth-order valence-electron chi connectivity index (χ4n) is 20.2. The van der Waals surface area contributed by atoms with Gasteiger partial charge in [0.05, 0.1) is 58.2 Å². The summed E-state index contributed by atoms with van der Waals surface area (Å²) >= 11 is 0. The summed E-state index contributed by atoms with van der Waals surface area (Å²) in [6.45, 7) is 1.99. The van der Waals surface area contributed by atoms with Gasteiger partial charge in [-0.2, -0.15) is 0 Å². The zero-order valence-electron chi connectivity index (χ0n) is 82.7. The zero-order valence-corrected chi connectivity index (χ0v) is 84.3. The van der Waals surface area contributed by atoms with Crippen LogP contribution in [0.25, 0.3) is 0 Å². The van der Waals surface area contributed by atoms with E-state index in [1.54, 1.807) is 33.4 Å². The predicted molar refractivity (Wildman–Crippen MR) is 521 cm³/mol. The van der Waals surface area contributed by atoms with E-state index in [9.17, 15) is 98.1 Å². The van der Waals surface area contributed by atoms with E-state index < -0.39 is 278 Å². The van der Waals surface area contributed by atoms with Crippen LogP contribution in [-0.4, -0.2) is 410 Å². The Morgan fingerprint density at radius 3 is 1.59 bits per heavy atom. The molecule has 0 radical (unpaired) electrons. The van der Waals surface area contributed by atoms with E-state index in [0.29, 0.717) is 62.3 Å². The summed E-state index contributed by atoms with van der Waals surface area (Å²) in [6, 6.07) is -21.6. The number of aliphatic hydroxyl groups is 1. The Bertz CT molecular complexity index is 4500. The van der Waals surface area contributed by atoms with Gasteiger partial charge in [-0.15, -0.1) is 0 Å². The molecule has 3 aliphatic carbocycles. The number of nitrogens with one attached hydrogen (secondary N) is 14. The molecular weight excluding hydrogens is 1960 g/mol. The number of carbonyl (C=O) groups excluding carboxylic acids is 16. The number of hydrogen-bond donors (Lipinski definition) is 24. The lowest BCUT2D eigenvalue weighted by Crippen LogP contribution is -2.61. The Hall–Kier alpha value is -11.3. The fraction of sp³-hybridized carbons (Fsp3) is 0.761. The summed E-state index contributed by atoms with van der Waals surface area (Å²) < 4.78 is 5.52. The van der Waals surface area contributed by atoms with Gasteiger partial charge in [-0.05, 0) is 152 Å². The Morgan fingerprint density at radius 1 is 0.473 bits per heavy atom. The van der Waals surface area contributed by atoms with Crippen molar-refractivity contribution in [2.45, 2.75) is 290 Å². The van der Waals surface area contributed by atoms with Crippen LogP contribution in [0.2, 0.25) is 0 Å². The number of ether oxygens (including phenoxy) is 1. The van der Waals surface area contributed by atoms with Gasteiger partial charge in [0.25, 0.3) is 0 Å². The minimum Gasteiger partial charge on any atom is -0.481 e. The van der Waals surface area contributed by atoms with E-state index in [0.717, 1.165) is 67.1 Å². The monoisotopic (exact) mass is 2110 g/mol. The van der Waals surface area contributed by atoms with E-state index in [1.807, 2.05) is 0 Å². The summed E-state index contributed by atoms with van der Waals surface area (Å²) in [4.78, 5) is 311. The van der Waals surface area contributed by atoms with Crippen molar-refractivity contribution in [3.63, 3.8) is 0 Å². The largest absolute Gasteiger partial charge is 0.481 e. The SMILES string of the molecule is CC(C)C[C@@H]1NC(=O)[C@H](CC2CC3CCCCC3N2)NC(=O)[C@@H](NC(=O)[C@H](CC(=O)O)NC(=O)[C@H](CO)NC(=O)CCCCCNC(=O)CN2CCN(CC(=O)O)CCN(CC(=O)O)CCN(CC(=O)O)CC2)CSSC[C@@H](C(=O)N2CCC[C@H]2C(=O)N[C@@H](CC2CCC(OCC(=O)O)CC2)C(=O)N[C@@H](CC(=O)O)C(N)=O)NC(=O)[C@H](CC(N)=O)NC(=O)[C@H](CC2CNC3CCCCC23)NC(=O)[C@H](CCC(N)=O)NC1=O. The van der Waals surface area contributed by atoms with Crippen LogP contribution in [-0.2, 0) is 110 Å². The van der Waals surface area contributed by atoms with Crippen molar-refractivity contribution >= 4 is 152 Å². The van der Waals surface area contributed by atoms with E-state index >= 15 is 43.2 Å². The molecule has 16 amide bonds. The summed E-state index contributed by atoms with van der Waals surface area (Å²) in [5.74, 6) is -26.9. The molecule has 6 unspecified atom stereocenters. The number of carbonyl (C=O) groups is 22. The van der Waals surface area contributed by atoms with Crippen LogP contribution in [0.15, 0.2) is 0 Å². The Balaban J connectivity index is 1.09. The van der Waals surface area contributed by atoms with Gasteiger partial charge in [-0.1, -0.05) is 67.5 Å². The number of aliphatic carboxylic acids is 6. The summed E-state index contributed by atoms with van der Waals surface area (Å²) in [5, 5.41) is 107. The maximum Gasteiger partial charge on any atom is 0.329 e. The number of primary amides is 3. The smallest absolute Gasteiger partial charge is 0.329 e. The van der Waals surface area contributed by atoms with Crippen LogP contribution in [0.3, 0.4) is 0 Å². The van der Waals surface area contributed by atoms with E-state index in [-0.39, 0.29) is 179 Å². The van der Waals surface area contributed by atoms with Gasteiger partial charge in [-0.25, -0.2) is 4.79 Å². The van der Waals surface area contributed by atoms with E-state index in [1.165, 1.54) is 0 Å². The minimum atomic E-state index is -2.15. The Labute approximate surface area is 852 Å². The Kier molecular flexibility index (Phi) is 50.0. The van der Waals surface area contributed by atoms with Crippen LogP contribution in [0.5, 0.6) is 0 Å². The second kappa shape index (κ2) is 60.9. The van der Waals surface area contributed by atoms with Gasteiger partial charge >= 0.3 is 35.8 Å². The molecule has 0 aromatic carbocycles. The number of carboxylic acid groups (broad SMARTS) is 6. The highest BCUT2D eigenvalue weighted by Gasteiger charge is 2.47. The number of likely N-dealkylation sites (tertiary alicyclic amines) is 1. The summed E-state index contributed by atoms with van der Waals surface area (Å²) in [7, 11) is 1.44. The second-order valence-electron chi connectivity index (χ2n) is 39.6. The first-order valence-corrected chi connectivity index (χ1v) is 52.8. The van der Waals surface area contributed by atoms with Gasteiger partial charge in [0.2, 0.25) is 94.5 Å². The first kappa shape index (κ1) is 120. The molecule has 5 saturated heterocycles. The summed E-state index contributed by atoms with van der Waals surface area (Å²) in [6.07, 6.45) is 3.62. The number of carboxylic acids is 6. The third-order valence-corrected chi connectivity index (χ3v) is 30.2. The zero-order chi connectivity index (χ0) is 107.